The molecule has 0 bridgehead atoms. The fraction of sp³-hybridized carbons (Fsp3) is 0.471. The zero-order valence-electron chi connectivity index (χ0n) is 12.0. The normalized spacial score (nSPS) is 22.8. The maximum absolute atomic E-state index is 10.6. The Morgan fingerprint density at radius 1 is 1.29 bits per heavy atom. The van der Waals surface area contributed by atoms with Crippen molar-refractivity contribution in [3.05, 3.63) is 42.4 Å². The first-order valence-electron chi connectivity index (χ1n) is 7.71. The number of nitrogens with zero attached hydrogens (tertiary/aromatic N) is 2. The molecule has 2 aliphatic rings. The molecule has 0 spiro atoms. The number of aromatic nitrogens is 2. The van der Waals surface area contributed by atoms with Crippen molar-refractivity contribution in [1.82, 2.24) is 9.55 Å². The molecule has 2 aliphatic heterocycles. The molecule has 1 N–H and O–H groups in total. The standard InChI is InChI=1S/C17H20N2O2/c20-17(12-5-7-21-8-6-12)9-15-13-3-1-2-4-14(13)16-10-18-11-19(15)16/h1-4,10-12,15,17,20H,5-9H2/t15-,17+/m1/s1. The third-order valence-corrected chi connectivity index (χ3v) is 4.87. The van der Waals surface area contributed by atoms with Crippen molar-refractivity contribution in [3.63, 3.8) is 0 Å². The molecule has 0 radical (unpaired) electrons. The highest BCUT2D eigenvalue weighted by atomic mass is 16.5. The van der Waals surface area contributed by atoms with Gasteiger partial charge in [0.2, 0.25) is 0 Å². The number of aliphatic hydroxyl groups excluding tert-OH is 1. The molecule has 1 aromatic heterocycles. The summed E-state index contributed by atoms with van der Waals surface area (Å²) in [6.07, 6.45) is 6.21. The smallest absolute Gasteiger partial charge is 0.0956 e. The summed E-state index contributed by atoms with van der Waals surface area (Å²) in [5, 5.41) is 10.6. The van der Waals surface area contributed by atoms with Crippen molar-refractivity contribution >= 4 is 0 Å². The Balaban J connectivity index is 1.60. The number of imidazole rings is 1. The van der Waals surface area contributed by atoms with E-state index >= 15 is 0 Å². The van der Waals surface area contributed by atoms with Gasteiger partial charge >= 0.3 is 0 Å². The molecule has 110 valence electrons. The molecule has 21 heavy (non-hydrogen) atoms. The Hall–Kier alpha value is -1.65. The maximum atomic E-state index is 10.6. The number of hydrogen-bond donors (Lipinski definition) is 1. The average Bonchev–Trinajstić information content (AvgIpc) is 3.11. The summed E-state index contributed by atoms with van der Waals surface area (Å²) in [5.74, 6) is 0.360. The SMILES string of the molecule is O[C@@H](C[C@@H]1c2ccccc2-c2cncn21)C1CCOCC1. The molecular weight excluding hydrogens is 264 g/mol. The molecule has 4 nitrogen and oxygen atoms in total. The lowest BCUT2D eigenvalue weighted by Gasteiger charge is -2.29. The van der Waals surface area contributed by atoms with Gasteiger partial charge in [0.1, 0.15) is 0 Å². The van der Waals surface area contributed by atoms with Crippen molar-refractivity contribution < 1.29 is 9.84 Å². The van der Waals surface area contributed by atoms with E-state index in [2.05, 4.69) is 33.8 Å². The number of benzene rings is 1. The molecule has 1 aromatic carbocycles. The molecule has 0 aliphatic carbocycles. The average molecular weight is 284 g/mol. The van der Waals surface area contributed by atoms with Crippen LogP contribution in [0.3, 0.4) is 0 Å². The van der Waals surface area contributed by atoms with Gasteiger partial charge in [-0.15, -0.1) is 0 Å². The predicted octanol–water partition coefficient (Wildman–Crippen LogP) is 2.63. The van der Waals surface area contributed by atoms with Crippen LogP contribution in [0.4, 0.5) is 0 Å². The Kier molecular flexibility index (Phi) is 3.28. The Labute approximate surface area is 124 Å². The van der Waals surface area contributed by atoms with Crippen LogP contribution in [0.25, 0.3) is 11.3 Å². The Bertz CT molecular complexity index is 631. The monoisotopic (exact) mass is 284 g/mol. The molecule has 1 saturated heterocycles. The third kappa shape index (κ3) is 2.19. The van der Waals surface area contributed by atoms with Gasteiger partial charge in [-0.05, 0) is 30.7 Å². The molecule has 4 heteroatoms. The minimum Gasteiger partial charge on any atom is -0.393 e. The summed E-state index contributed by atoms with van der Waals surface area (Å²) in [6, 6.07) is 8.66. The van der Waals surface area contributed by atoms with Crippen LogP contribution < -0.4 is 0 Å². The first-order chi connectivity index (χ1) is 10.3. The van der Waals surface area contributed by atoms with Crippen molar-refractivity contribution in [3.8, 4) is 11.3 Å². The minimum absolute atomic E-state index is 0.205. The van der Waals surface area contributed by atoms with Gasteiger partial charge in [0.25, 0.3) is 0 Å². The second kappa shape index (κ2) is 5.28. The highest BCUT2D eigenvalue weighted by Crippen LogP contribution is 2.42. The van der Waals surface area contributed by atoms with Crippen LogP contribution in [-0.4, -0.2) is 34.0 Å². The van der Waals surface area contributed by atoms with Crippen molar-refractivity contribution in [2.24, 2.45) is 5.92 Å². The summed E-state index contributed by atoms with van der Waals surface area (Å²) in [5.41, 5.74) is 3.72. The van der Waals surface area contributed by atoms with Gasteiger partial charge in [0, 0.05) is 18.8 Å². The second-order valence-electron chi connectivity index (χ2n) is 6.04. The summed E-state index contributed by atoms with van der Waals surface area (Å²) < 4.78 is 7.60. The largest absolute Gasteiger partial charge is 0.393 e. The van der Waals surface area contributed by atoms with Gasteiger partial charge in [-0.2, -0.15) is 0 Å². The molecule has 0 amide bonds. The zero-order valence-corrected chi connectivity index (χ0v) is 12.0. The zero-order chi connectivity index (χ0) is 14.2. The van der Waals surface area contributed by atoms with Crippen LogP contribution in [-0.2, 0) is 4.74 Å². The number of rotatable bonds is 3. The van der Waals surface area contributed by atoms with E-state index in [4.69, 9.17) is 4.74 Å². The molecule has 2 aromatic rings. The first-order valence-corrected chi connectivity index (χ1v) is 7.71. The summed E-state index contributed by atoms with van der Waals surface area (Å²) in [6.45, 7) is 1.55. The van der Waals surface area contributed by atoms with Crippen LogP contribution in [0.1, 0.15) is 30.9 Å². The number of fused-ring (bicyclic) bond motifs is 3. The lowest BCUT2D eigenvalue weighted by molar-refractivity contribution is 0.00151. The highest BCUT2D eigenvalue weighted by molar-refractivity contribution is 5.68. The van der Waals surface area contributed by atoms with Gasteiger partial charge in [-0.1, -0.05) is 24.3 Å². The molecule has 0 unspecified atom stereocenters. The minimum atomic E-state index is -0.277. The predicted molar refractivity (Wildman–Crippen MR) is 80.0 cm³/mol. The fourth-order valence-corrected chi connectivity index (χ4v) is 3.69. The van der Waals surface area contributed by atoms with Crippen LogP contribution in [0.15, 0.2) is 36.8 Å². The van der Waals surface area contributed by atoms with Gasteiger partial charge in [0.15, 0.2) is 0 Å². The van der Waals surface area contributed by atoms with Crippen molar-refractivity contribution in [2.45, 2.75) is 31.4 Å². The number of ether oxygens (including phenoxy) is 1. The van der Waals surface area contributed by atoms with Crippen LogP contribution in [0.5, 0.6) is 0 Å². The van der Waals surface area contributed by atoms with E-state index in [0.29, 0.717) is 5.92 Å². The Morgan fingerprint density at radius 2 is 2.10 bits per heavy atom. The molecule has 0 saturated carbocycles. The summed E-state index contributed by atoms with van der Waals surface area (Å²) in [7, 11) is 0. The van der Waals surface area contributed by atoms with Crippen LogP contribution in [0, 0.1) is 5.92 Å². The Morgan fingerprint density at radius 3 is 2.95 bits per heavy atom. The van der Waals surface area contributed by atoms with Gasteiger partial charge in [-0.25, -0.2) is 4.98 Å². The van der Waals surface area contributed by atoms with Crippen LogP contribution in [0.2, 0.25) is 0 Å². The second-order valence-corrected chi connectivity index (χ2v) is 6.04. The number of hydrogen-bond acceptors (Lipinski definition) is 3. The summed E-state index contributed by atoms with van der Waals surface area (Å²) in [4.78, 5) is 4.27. The van der Waals surface area contributed by atoms with E-state index in [9.17, 15) is 5.11 Å². The fourth-order valence-electron chi connectivity index (χ4n) is 3.69. The molecule has 2 atom stereocenters. The quantitative estimate of drug-likeness (QED) is 0.942. The van der Waals surface area contributed by atoms with Gasteiger partial charge in [-0.3, -0.25) is 0 Å². The topological polar surface area (TPSA) is 47.3 Å². The highest BCUT2D eigenvalue weighted by Gasteiger charge is 2.32. The molecular formula is C17H20N2O2. The number of aliphatic hydroxyl groups is 1. The lowest BCUT2D eigenvalue weighted by Crippen LogP contribution is -2.29. The third-order valence-electron chi connectivity index (χ3n) is 4.87. The van der Waals surface area contributed by atoms with Crippen LogP contribution >= 0.6 is 0 Å². The van der Waals surface area contributed by atoms with Gasteiger partial charge < -0.3 is 14.4 Å². The maximum Gasteiger partial charge on any atom is 0.0956 e. The van der Waals surface area contributed by atoms with E-state index < -0.39 is 0 Å². The van der Waals surface area contributed by atoms with Crippen molar-refractivity contribution in [1.29, 1.82) is 0 Å². The molecule has 3 heterocycles. The summed E-state index contributed by atoms with van der Waals surface area (Å²) >= 11 is 0. The van der Waals surface area contributed by atoms with E-state index in [0.717, 1.165) is 38.2 Å². The van der Waals surface area contributed by atoms with Crippen molar-refractivity contribution in [2.75, 3.05) is 13.2 Å². The van der Waals surface area contributed by atoms with Gasteiger partial charge in [0.05, 0.1) is 30.4 Å². The van der Waals surface area contributed by atoms with E-state index in [1.54, 1.807) is 0 Å². The molecule has 4 rings (SSSR count). The van der Waals surface area contributed by atoms with E-state index in [1.165, 1.54) is 11.1 Å². The lowest BCUT2D eigenvalue weighted by atomic mass is 9.88. The molecule has 1 fully saturated rings. The van der Waals surface area contributed by atoms with E-state index in [1.807, 2.05) is 12.5 Å². The first kappa shape index (κ1) is 13.0. The van der Waals surface area contributed by atoms with E-state index in [-0.39, 0.29) is 12.1 Å².